The van der Waals surface area contributed by atoms with Crippen molar-refractivity contribution in [1.82, 2.24) is 20.2 Å². The highest BCUT2D eigenvalue weighted by Gasteiger charge is 2.47. The highest BCUT2D eigenvalue weighted by Crippen LogP contribution is 2.44. The summed E-state index contributed by atoms with van der Waals surface area (Å²) in [5.41, 5.74) is 0.153. The first-order valence-corrected chi connectivity index (χ1v) is 7.84. The van der Waals surface area contributed by atoms with Crippen LogP contribution in [0.15, 0.2) is 24.3 Å². The van der Waals surface area contributed by atoms with Crippen molar-refractivity contribution in [3.8, 4) is 0 Å². The standard InChI is InChI=1S/C16H19FN4O2/c1-2-10-21-14(18-19-20-21)11-23-15(22)16(8-3-9-16)12-4-6-13(17)7-5-12/h4-7H,2-3,8-11H2,1H3. The van der Waals surface area contributed by atoms with Gasteiger partial charge in [-0.2, -0.15) is 0 Å². The zero-order valence-corrected chi connectivity index (χ0v) is 13.0. The van der Waals surface area contributed by atoms with Crippen LogP contribution in [0.3, 0.4) is 0 Å². The Morgan fingerprint density at radius 3 is 2.70 bits per heavy atom. The maximum absolute atomic E-state index is 13.1. The molecular formula is C16H19FN4O2. The van der Waals surface area contributed by atoms with E-state index in [9.17, 15) is 9.18 Å². The van der Waals surface area contributed by atoms with Crippen LogP contribution in [-0.2, 0) is 28.1 Å². The zero-order chi connectivity index (χ0) is 16.3. The van der Waals surface area contributed by atoms with Crippen LogP contribution in [0.1, 0.15) is 44.0 Å². The Morgan fingerprint density at radius 1 is 1.35 bits per heavy atom. The van der Waals surface area contributed by atoms with Gasteiger partial charge in [-0.3, -0.25) is 4.79 Å². The molecule has 0 amide bonds. The SMILES string of the molecule is CCCn1nnnc1COC(=O)C1(c2ccc(F)cc2)CCC1. The molecule has 1 aliphatic carbocycles. The summed E-state index contributed by atoms with van der Waals surface area (Å²) in [5, 5.41) is 11.4. The summed E-state index contributed by atoms with van der Waals surface area (Å²) in [4.78, 5) is 12.6. The van der Waals surface area contributed by atoms with Gasteiger partial charge in [0, 0.05) is 6.54 Å². The molecule has 1 saturated carbocycles. The van der Waals surface area contributed by atoms with E-state index in [1.54, 1.807) is 16.8 Å². The zero-order valence-electron chi connectivity index (χ0n) is 13.0. The molecule has 0 saturated heterocycles. The second-order valence-electron chi connectivity index (χ2n) is 5.84. The molecule has 0 spiro atoms. The van der Waals surface area contributed by atoms with Crippen molar-refractivity contribution in [3.05, 3.63) is 41.5 Å². The molecule has 0 atom stereocenters. The van der Waals surface area contributed by atoms with Gasteiger partial charge < -0.3 is 4.74 Å². The second kappa shape index (κ2) is 6.44. The molecule has 6 nitrogen and oxygen atoms in total. The Kier molecular flexibility index (Phi) is 4.36. The molecule has 1 aromatic heterocycles. The van der Waals surface area contributed by atoms with Crippen LogP contribution in [-0.4, -0.2) is 26.2 Å². The number of hydrogen-bond donors (Lipinski definition) is 0. The molecule has 1 aliphatic rings. The fourth-order valence-corrected chi connectivity index (χ4v) is 2.89. The van der Waals surface area contributed by atoms with E-state index in [0.717, 1.165) is 31.2 Å². The molecule has 0 radical (unpaired) electrons. The Labute approximate surface area is 133 Å². The molecule has 3 rings (SSSR count). The maximum atomic E-state index is 13.1. The molecule has 0 unspecified atom stereocenters. The minimum atomic E-state index is -0.656. The lowest BCUT2D eigenvalue weighted by molar-refractivity contribution is -0.156. The molecule has 1 heterocycles. The normalized spacial score (nSPS) is 15.9. The van der Waals surface area contributed by atoms with Gasteiger partial charge in [-0.05, 0) is 47.4 Å². The summed E-state index contributed by atoms with van der Waals surface area (Å²) in [6, 6.07) is 6.09. The fourth-order valence-electron chi connectivity index (χ4n) is 2.89. The van der Waals surface area contributed by atoms with Gasteiger partial charge in [-0.25, -0.2) is 9.07 Å². The highest BCUT2D eigenvalue weighted by molar-refractivity contribution is 5.84. The van der Waals surface area contributed by atoms with E-state index in [4.69, 9.17) is 4.74 Å². The Hall–Kier alpha value is -2.31. The van der Waals surface area contributed by atoms with Crippen LogP contribution < -0.4 is 0 Å². The number of halogens is 1. The second-order valence-corrected chi connectivity index (χ2v) is 5.84. The lowest BCUT2D eigenvalue weighted by atomic mass is 9.64. The minimum Gasteiger partial charge on any atom is -0.457 e. The quantitative estimate of drug-likeness (QED) is 0.765. The Bertz CT molecular complexity index is 680. The topological polar surface area (TPSA) is 69.9 Å². The first-order chi connectivity index (χ1) is 11.2. The summed E-state index contributed by atoms with van der Waals surface area (Å²) in [6.45, 7) is 2.76. The maximum Gasteiger partial charge on any atom is 0.317 e. The molecule has 0 N–H and O–H groups in total. The van der Waals surface area contributed by atoms with Crippen molar-refractivity contribution in [1.29, 1.82) is 0 Å². The molecule has 7 heteroatoms. The number of nitrogens with zero attached hydrogens (tertiary/aromatic N) is 4. The molecule has 0 aliphatic heterocycles. The van der Waals surface area contributed by atoms with E-state index in [1.165, 1.54) is 12.1 Å². The van der Waals surface area contributed by atoms with Crippen molar-refractivity contribution in [2.45, 2.75) is 51.2 Å². The van der Waals surface area contributed by atoms with Gasteiger partial charge in [0.1, 0.15) is 5.82 Å². The predicted molar refractivity (Wildman–Crippen MR) is 79.8 cm³/mol. The number of rotatable bonds is 6. The number of aromatic nitrogens is 4. The molecule has 2 aromatic rings. The number of hydrogen-bond acceptors (Lipinski definition) is 5. The summed E-state index contributed by atoms with van der Waals surface area (Å²) in [7, 11) is 0. The van der Waals surface area contributed by atoms with Gasteiger partial charge in [0.05, 0.1) is 5.41 Å². The van der Waals surface area contributed by atoms with Gasteiger partial charge in [0.2, 0.25) is 0 Å². The molecular weight excluding hydrogens is 299 g/mol. The van der Waals surface area contributed by atoms with Crippen LogP contribution in [0.25, 0.3) is 0 Å². The van der Waals surface area contributed by atoms with Crippen molar-refractivity contribution >= 4 is 5.97 Å². The van der Waals surface area contributed by atoms with E-state index in [-0.39, 0.29) is 18.4 Å². The van der Waals surface area contributed by atoms with Crippen LogP contribution >= 0.6 is 0 Å². The van der Waals surface area contributed by atoms with Crippen LogP contribution in [0.5, 0.6) is 0 Å². The van der Waals surface area contributed by atoms with Gasteiger partial charge >= 0.3 is 5.97 Å². The third-order valence-electron chi connectivity index (χ3n) is 4.37. The molecule has 122 valence electrons. The average Bonchev–Trinajstić information content (AvgIpc) is 2.94. The van der Waals surface area contributed by atoms with Crippen molar-refractivity contribution in [3.63, 3.8) is 0 Å². The van der Waals surface area contributed by atoms with Gasteiger partial charge in [0.15, 0.2) is 12.4 Å². The molecule has 23 heavy (non-hydrogen) atoms. The number of benzene rings is 1. The summed E-state index contributed by atoms with van der Waals surface area (Å²) in [5.74, 6) is -0.0643. The smallest absolute Gasteiger partial charge is 0.317 e. The Balaban J connectivity index is 1.71. The monoisotopic (exact) mass is 318 g/mol. The minimum absolute atomic E-state index is 0.0504. The molecule has 1 aromatic carbocycles. The van der Waals surface area contributed by atoms with Crippen LogP contribution in [0, 0.1) is 5.82 Å². The number of tetrazole rings is 1. The van der Waals surface area contributed by atoms with Gasteiger partial charge in [-0.15, -0.1) is 5.10 Å². The number of carbonyl (C=O) groups is 1. The molecule has 1 fully saturated rings. The number of esters is 1. The van der Waals surface area contributed by atoms with E-state index in [1.807, 2.05) is 6.92 Å². The largest absolute Gasteiger partial charge is 0.457 e. The van der Waals surface area contributed by atoms with Crippen LogP contribution in [0.2, 0.25) is 0 Å². The first kappa shape index (κ1) is 15.6. The van der Waals surface area contributed by atoms with Gasteiger partial charge in [-0.1, -0.05) is 25.5 Å². The van der Waals surface area contributed by atoms with Crippen LogP contribution in [0.4, 0.5) is 4.39 Å². The van der Waals surface area contributed by atoms with Crippen molar-refractivity contribution in [2.24, 2.45) is 0 Å². The fraction of sp³-hybridized carbons (Fsp3) is 0.500. The van der Waals surface area contributed by atoms with E-state index < -0.39 is 5.41 Å². The lowest BCUT2D eigenvalue weighted by Crippen LogP contribution is -2.43. The summed E-state index contributed by atoms with van der Waals surface area (Å²) >= 11 is 0. The third-order valence-corrected chi connectivity index (χ3v) is 4.37. The third kappa shape index (κ3) is 2.95. The number of carbonyl (C=O) groups excluding carboxylic acids is 1. The predicted octanol–water partition coefficient (Wildman–Crippen LogP) is 2.39. The van der Waals surface area contributed by atoms with Crippen molar-refractivity contribution in [2.75, 3.05) is 0 Å². The van der Waals surface area contributed by atoms with E-state index >= 15 is 0 Å². The summed E-state index contributed by atoms with van der Waals surface area (Å²) in [6.07, 6.45) is 3.29. The van der Waals surface area contributed by atoms with Gasteiger partial charge in [0.25, 0.3) is 0 Å². The van der Waals surface area contributed by atoms with E-state index in [2.05, 4.69) is 15.5 Å². The van der Waals surface area contributed by atoms with E-state index in [0.29, 0.717) is 12.4 Å². The molecule has 0 bridgehead atoms. The Morgan fingerprint density at radius 2 is 2.09 bits per heavy atom. The number of aryl methyl sites for hydroxylation is 1. The highest BCUT2D eigenvalue weighted by atomic mass is 19.1. The lowest BCUT2D eigenvalue weighted by Gasteiger charge is -2.39. The van der Waals surface area contributed by atoms with Crippen molar-refractivity contribution < 1.29 is 13.9 Å². The average molecular weight is 318 g/mol. The summed E-state index contributed by atoms with van der Waals surface area (Å²) < 4.78 is 20.2. The number of ether oxygens (including phenoxy) is 1. The first-order valence-electron chi connectivity index (χ1n) is 7.84.